The van der Waals surface area contributed by atoms with E-state index in [-0.39, 0.29) is 28.7 Å². The quantitative estimate of drug-likeness (QED) is 0.617. The lowest BCUT2D eigenvalue weighted by molar-refractivity contribution is -0.116. The van der Waals surface area contributed by atoms with Crippen molar-refractivity contribution in [3.63, 3.8) is 0 Å². The van der Waals surface area contributed by atoms with Crippen LogP contribution in [0.5, 0.6) is 0 Å². The Morgan fingerprint density at radius 3 is 2.62 bits per heavy atom. The number of benzene rings is 1. The highest BCUT2D eigenvalue weighted by atomic mass is 35.5. The number of carbonyl (C=O) groups is 2. The van der Waals surface area contributed by atoms with E-state index in [1.807, 2.05) is 0 Å². The highest BCUT2D eigenvalue weighted by Crippen LogP contribution is 2.22. The van der Waals surface area contributed by atoms with Gasteiger partial charge in [0.05, 0.1) is 23.6 Å². The highest BCUT2D eigenvalue weighted by molar-refractivity contribution is 6.34. The first-order valence-corrected chi connectivity index (χ1v) is 5.44. The van der Waals surface area contributed by atoms with Gasteiger partial charge < -0.3 is 4.74 Å². The minimum Gasteiger partial charge on any atom is -0.465 e. The van der Waals surface area contributed by atoms with Gasteiger partial charge in [-0.05, 0) is 11.6 Å². The molecule has 0 bridgehead atoms. The second kappa shape index (κ2) is 5.87. The zero-order valence-corrected chi connectivity index (χ0v) is 10.1. The molecular weight excluding hydrogens is 251 g/mol. The Hall–Kier alpha value is -1.06. The van der Waals surface area contributed by atoms with Crippen molar-refractivity contribution in [2.75, 3.05) is 13.0 Å². The Balaban J connectivity index is 3.04. The lowest BCUT2D eigenvalue weighted by Crippen LogP contribution is -2.08. The van der Waals surface area contributed by atoms with Crippen LogP contribution in [0, 0.1) is 0 Å². The molecule has 0 saturated heterocycles. The van der Waals surface area contributed by atoms with Gasteiger partial charge in [-0.25, -0.2) is 4.79 Å². The van der Waals surface area contributed by atoms with Gasteiger partial charge in [-0.1, -0.05) is 23.7 Å². The van der Waals surface area contributed by atoms with E-state index in [4.69, 9.17) is 23.2 Å². The van der Waals surface area contributed by atoms with Gasteiger partial charge in [0.15, 0.2) is 5.78 Å². The van der Waals surface area contributed by atoms with Gasteiger partial charge in [0, 0.05) is 6.42 Å². The first-order chi connectivity index (χ1) is 7.60. The number of alkyl halides is 1. The van der Waals surface area contributed by atoms with Crippen molar-refractivity contribution < 1.29 is 14.3 Å². The number of ketones is 1. The fourth-order valence-electron chi connectivity index (χ4n) is 1.24. The Bertz CT molecular complexity index is 416. The molecule has 0 N–H and O–H groups in total. The molecule has 86 valence electrons. The summed E-state index contributed by atoms with van der Waals surface area (Å²) in [4.78, 5) is 22.5. The second-order valence-electron chi connectivity index (χ2n) is 3.12. The van der Waals surface area contributed by atoms with E-state index < -0.39 is 5.97 Å². The Kier molecular flexibility index (Phi) is 4.77. The molecule has 0 heterocycles. The highest BCUT2D eigenvalue weighted by Gasteiger charge is 2.14. The summed E-state index contributed by atoms with van der Waals surface area (Å²) in [6.45, 7) is 0. The molecule has 0 fully saturated rings. The number of esters is 1. The number of carbonyl (C=O) groups excluding carboxylic acids is 2. The Morgan fingerprint density at radius 2 is 2.06 bits per heavy atom. The summed E-state index contributed by atoms with van der Waals surface area (Å²) in [5.41, 5.74) is 0.833. The zero-order chi connectivity index (χ0) is 12.1. The monoisotopic (exact) mass is 260 g/mol. The minimum absolute atomic E-state index is 0.0707. The average Bonchev–Trinajstić information content (AvgIpc) is 2.30. The predicted octanol–water partition coefficient (Wildman–Crippen LogP) is 2.48. The molecule has 0 aromatic heterocycles. The van der Waals surface area contributed by atoms with Crippen molar-refractivity contribution in [1.82, 2.24) is 0 Å². The number of rotatable bonds is 4. The normalized spacial score (nSPS) is 9.94. The van der Waals surface area contributed by atoms with Gasteiger partial charge in [-0.2, -0.15) is 0 Å². The molecule has 5 heteroatoms. The third kappa shape index (κ3) is 2.97. The van der Waals surface area contributed by atoms with Crippen LogP contribution in [-0.2, 0) is 16.0 Å². The number of Topliss-reactive ketones (excluding diaryl/α,β-unsaturated/α-hetero) is 1. The zero-order valence-electron chi connectivity index (χ0n) is 8.63. The third-order valence-electron chi connectivity index (χ3n) is 2.02. The summed E-state index contributed by atoms with van der Waals surface area (Å²) in [6, 6.07) is 4.87. The van der Waals surface area contributed by atoms with Crippen molar-refractivity contribution in [2.45, 2.75) is 6.42 Å². The molecule has 0 amide bonds. The number of hydrogen-bond donors (Lipinski definition) is 0. The molecule has 16 heavy (non-hydrogen) atoms. The molecule has 0 unspecified atom stereocenters. The smallest absolute Gasteiger partial charge is 0.339 e. The summed E-state index contributed by atoms with van der Waals surface area (Å²) < 4.78 is 4.57. The molecular formula is C11H10Cl2O3. The van der Waals surface area contributed by atoms with Gasteiger partial charge >= 0.3 is 5.97 Å². The number of hydrogen-bond acceptors (Lipinski definition) is 3. The van der Waals surface area contributed by atoms with Crippen LogP contribution in [0.4, 0.5) is 0 Å². The molecule has 1 aromatic carbocycles. The van der Waals surface area contributed by atoms with E-state index in [0.717, 1.165) is 0 Å². The molecule has 0 aliphatic heterocycles. The van der Waals surface area contributed by atoms with Crippen LogP contribution >= 0.6 is 23.2 Å². The van der Waals surface area contributed by atoms with Gasteiger partial charge in [0.25, 0.3) is 0 Å². The molecule has 0 aliphatic carbocycles. The molecule has 0 radical (unpaired) electrons. The maximum atomic E-state index is 11.3. The molecule has 0 spiro atoms. The van der Waals surface area contributed by atoms with Crippen LogP contribution in [-0.4, -0.2) is 24.7 Å². The average molecular weight is 261 g/mol. The van der Waals surface area contributed by atoms with Crippen LogP contribution in [0.25, 0.3) is 0 Å². The van der Waals surface area contributed by atoms with E-state index in [9.17, 15) is 9.59 Å². The van der Waals surface area contributed by atoms with Crippen molar-refractivity contribution in [3.8, 4) is 0 Å². The van der Waals surface area contributed by atoms with Crippen LogP contribution in [0.3, 0.4) is 0 Å². The van der Waals surface area contributed by atoms with Crippen molar-refractivity contribution >= 4 is 35.0 Å². The van der Waals surface area contributed by atoms with E-state index in [1.165, 1.54) is 7.11 Å². The SMILES string of the molecule is COC(=O)c1cccc(CC(=O)CCl)c1Cl. The van der Waals surface area contributed by atoms with Crippen molar-refractivity contribution in [2.24, 2.45) is 0 Å². The van der Waals surface area contributed by atoms with E-state index in [2.05, 4.69) is 4.74 Å². The summed E-state index contributed by atoms with van der Waals surface area (Å²) in [5.74, 6) is -0.741. The molecule has 0 saturated carbocycles. The van der Waals surface area contributed by atoms with Crippen LogP contribution in [0.1, 0.15) is 15.9 Å². The summed E-state index contributed by atoms with van der Waals surface area (Å²) >= 11 is 11.4. The number of methoxy groups -OCH3 is 1. The number of halogens is 2. The van der Waals surface area contributed by atoms with E-state index in [0.29, 0.717) is 5.56 Å². The maximum absolute atomic E-state index is 11.3. The summed E-state index contributed by atoms with van der Waals surface area (Å²) in [7, 11) is 1.27. The van der Waals surface area contributed by atoms with Crippen LogP contribution in [0.15, 0.2) is 18.2 Å². The standard InChI is InChI=1S/C11H10Cl2O3/c1-16-11(15)9-4-2-3-7(10(9)13)5-8(14)6-12/h2-4H,5-6H2,1H3. The topological polar surface area (TPSA) is 43.4 Å². The lowest BCUT2D eigenvalue weighted by Gasteiger charge is -2.06. The Labute approximate surface area is 103 Å². The van der Waals surface area contributed by atoms with E-state index >= 15 is 0 Å². The fraction of sp³-hybridized carbons (Fsp3) is 0.273. The summed E-state index contributed by atoms with van der Waals surface area (Å²) in [5, 5.41) is 0.243. The first-order valence-electron chi connectivity index (χ1n) is 4.53. The molecule has 3 nitrogen and oxygen atoms in total. The lowest BCUT2D eigenvalue weighted by atomic mass is 10.1. The largest absolute Gasteiger partial charge is 0.465 e. The molecule has 0 atom stereocenters. The second-order valence-corrected chi connectivity index (χ2v) is 3.76. The third-order valence-corrected chi connectivity index (χ3v) is 2.77. The minimum atomic E-state index is -0.523. The van der Waals surface area contributed by atoms with Crippen molar-refractivity contribution in [3.05, 3.63) is 34.3 Å². The van der Waals surface area contributed by atoms with Gasteiger partial charge in [-0.15, -0.1) is 11.6 Å². The van der Waals surface area contributed by atoms with Gasteiger partial charge in [0.1, 0.15) is 0 Å². The fourth-order valence-corrected chi connectivity index (χ4v) is 1.61. The van der Waals surface area contributed by atoms with Gasteiger partial charge in [0.2, 0.25) is 0 Å². The maximum Gasteiger partial charge on any atom is 0.339 e. The van der Waals surface area contributed by atoms with Gasteiger partial charge in [-0.3, -0.25) is 4.79 Å². The Morgan fingerprint density at radius 1 is 1.38 bits per heavy atom. The van der Waals surface area contributed by atoms with Crippen LogP contribution in [0.2, 0.25) is 5.02 Å². The van der Waals surface area contributed by atoms with Crippen LogP contribution < -0.4 is 0 Å². The number of ether oxygens (including phenoxy) is 1. The first kappa shape index (κ1) is 13.0. The molecule has 1 aromatic rings. The predicted molar refractivity (Wildman–Crippen MR) is 62.2 cm³/mol. The summed E-state index contributed by atoms with van der Waals surface area (Å²) in [6.07, 6.45) is 0.118. The van der Waals surface area contributed by atoms with E-state index in [1.54, 1.807) is 18.2 Å². The molecule has 1 rings (SSSR count). The van der Waals surface area contributed by atoms with Crippen molar-refractivity contribution in [1.29, 1.82) is 0 Å². The molecule has 0 aliphatic rings.